The van der Waals surface area contributed by atoms with Gasteiger partial charge >= 0.3 is 12.1 Å². The molecule has 2 aromatic rings. The number of anilines is 2. The van der Waals surface area contributed by atoms with Crippen LogP contribution in [0, 0.1) is 5.41 Å². The molecule has 0 radical (unpaired) electrons. The monoisotopic (exact) mass is 385 g/mol. The van der Waals surface area contributed by atoms with Crippen molar-refractivity contribution < 1.29 is 24.2 Å². The zero-order valence-electron chi connectivity index (χ0n) is 16.0. The van der Waals surface area contributed by atoms with Crippen molar-refractivity contribution in [1.29, 1.82) is 0 Å². The number of carbonyl (C=O) groups is 3. The molecule has 1 aromatic heterocycles. The van der Waals surface area contributed by atoms with Crippen LogP contribution in [0.15, 0.2) is 48.7 Å². The first-order valence-corrected chi connectivity index (χ1v) is 8.69. The molecule has 0 aliphatic rings. The highest BCUT2D eigenvalue weighted by atomic mass is 16.6. The summed E-state index contributed by atoms with van der Waals surface area (Å²) >= 11 is 0. The Hall–Kier alpha value is -3.42. The number of para-hydroxylation sites is 1. The molecule has 0 spiro atoms. The normalized spacial score (nSPS) is 10.8. The average Bonchev–Trinajstić information content (AvgIpc) is 2.68. The van der Waals surface area contributed by atoms with Gasteiger partial charge < -0.3 is 15.2 Å². The van der Waals surface area contributed by atoms with Gasteiger partial charge in [-0.15, -0.1) is 0 Å². The number of hydrogen-bond donors (Lipinski definition) is 2. The standard InChI is InChI=1S/C20H23N3O5/c1-20(2,18(25)26)12-11-16(24)22-14-9-10-17(21-13-14)28-19(27)23(3)15-7-5-4-6-8-15/h4-10,13H,11-12H2,1-3H3,(H,22,24)(H,25,26). The highest BCUT2D eigenvalue weighted by Gasteiger charge is 2.27. The number of rotatable bonds is 7. The average molecular weight is 385 g/mol. The summed E-state index contributed by atoms with van der Waals surface area (Å²) in [5.41, 5.74) is 0.133. The number of nitrogens with zero attached hydrogens (tertiary/aromatic N) is 2. The van der Waals surface area contributed by atoms with Gasteiger partial charge in [-0.2, -0.15) is 0 Å². The van der Waals surface area contributed by atoms with E-state index in [1.54, 1.807) is 39.1 Å². The fourth-order valence-corrected chi connectivity index (χ4v) is 2.19. The van der Waals surface area contributed by atoms with Crippen LogP contribution in [-0.4, -0.2) is 35.1 Å². The SMILES string of the molecule is CN(C(=O)Oc1ccc(NC(=O)CCC(C)(C)C(=O)O)cn1)c1ccccc1. The summed E-state index contributed by atoms with van der Waals surface area (Å²) in [6, 6.07) is 12.0. The number of carboxylic acid groups (broad SMARTS) is 1. The maximum atomic E-state index is 12.2. The maximum Gasteiger partial charge on any atom is 0.420 e. The fraction of sp³-hybridized carbons (Fsp3) is 0.300. The van der Waals surface area contributed by atoms with Gasteiger partial charge in [-0.05, 0) is 38.5 Å². The van der Waals surface area contributed by atoms with Crippen LogP contribution in [-0.2, 0) is 9.59 Å². The van der Waals surface area contributed by atoms with Gasteiger partial charge in [0.05, 0.1) is 17.3 Å². The minimum atomic E-state index is -0.974. The lowest BCUT2D eigenvalue weighted by Crippen LogP contribution is -2.29. The summed E-state index contributed by atoms with van der Waals surface area (Å²) in [6.07, 6.45) is 1.05. The Bertz CT molecular complexity index is 835. The number of benzene rings is 1. The van der Waals surface area contributed by atoms with Crippen molar-refractivity contribution in [3.63, 3.8) is 0 Å². The summed E-state index contributed by atoms with van der Waals surface area (Å²) in [6.45, 7) is 3.14. The second-order valence-electron chi connectivity index (χ2n) is 6.88. The second kappa shape index (κ2) is 8.98. The molecule has 28 heavy (non-hydrogen) atoms. The van der Waals surface area contributed by atoms with E-state index >= 15 is 0 Å². The van der Waals surface area contributed by atoms with Crippen LogP contribution < -0.4 is 15.0 Å². The molecule has 8 nitrogen and oxygen atoms in total. The minimum absolute atomic E-state index is 0.0674. The lowest BCUT2D eigenvalue weighted by atomic mass is 9.88. The van der Waals surface area contributed by atoms with Crippen molar-refractivity contribution in [3.8, 4) is 5.88 Å². The molecule has 1 aromatic carbocycles. The van der Waals surface area contributed by atoms with Gasteiger partial charge in [0.15, 0.2) is 0 Å². The van der Waals surface area contributed by atoms with E-state index in [0.29, 0.717) is 11.4 Å². The van der Waals surface area contributed by atoms with Crippen LogP contribution in [0.25, 0.3) is 0 Å². The Balaban J connectivity index is 1.88. The number of carboxylic acids is 1. The molecule has 0 aliphatic heterocycles. The van der Waals surface area contributed by atoms with Gasteiger partial charge in [0.2, 0.25) is 11.8 Å². The van der Waals surface area contributed by atoms with Gasteiger partial charge in [-0.1, -0.05) is 18.2 Å². The molecule has 0 aliphatic carbocycles. The molecular formula is C20H23N3O5. The van der Waals surface area contributed by atoms with Gasteiger partial charge in [0, 0.05) is 25.2 Å². The molecule has 0 saturated heterocycles. The number of hydrogen-bond acceptors (Lipinski definition) is 5. The Kier molecular flexibility index (Phi) is 6.70. The molecule has 0 bridgehead atoms. The van der Waals surface area contributed by atoms with Gasteiger partial charge in [0.1, 0.15) is 0 Å². The van der Waals surface area contributed by atoms with E-state index in [-0.39, 0.29) is 24.6 Å². The first kappa shape index (κ1) is 20.9. The fourth-order valence-electron chi connectivity index (χ4n) is 2.19. The number of aromatic nitrogens is 1. The smallest absolute Gasteiger partial charge is 0.420 e. The van der Waals surface area contributed by atoms with E-state index in [1.165, 1.54) is 17.2 Å². The summed E-state index contributed by atoms with van der Waals surface area (Å²) in [5.74, 6) is -1.17. The zero-order chi connectivity index (χ0) is 20.7. The number of aliphatic carboxylic acids is 1. The zero-order valence-corrected chi connectivity index (χ0v) is 16.0. The van der Waals surface area contributed by atoms with Crippen molar-refractivity contribution >= 4 is 29.3 Å². The molecule has 1 heterocycles. The van der Waals surface area contributed by atoms with E-state index < -0.39 is 17.5 Å². The maximum absolute atomic E-state index is 12.2. The van der Waals surface area contributed by atoms with Crippen molar-refractivity contribution in [2.75, 3.05) is 17.3 Å². The highest BCUT2D eigenvalue weighted by molar-refractivity contribution is 5.91. The molecule has 2 amide bonds. The van der Waals surface area contributed by atoms with Crippen molar-refractivity contribution in [2.45, 2.75) is 26.7 Å². The van der Waals surface area contributed by atoms with Gasteiger partial charge in [-0.3, -0.25) is 14.5 Å². The predicted molar refractivity (Wildman–Crippen MR) is 104 cm³/mol. The third-order valence-corrected chi connectivity index (χ3v) is 4.19. The van der Waals surface area contributed by atoms with E-state index in [2.05, 4.69) is 10.3 Å². The Labute approximate surface area is 163 Å². The van der Waals surface area contributed by atoms with Crippen LogP contribution in [0.4, 0.5) is 16.2 Å². The van der Waals surface area contributed by atoms with E-state index in [4.69, 9.17) is 9.84 Å². The largest absolute Gasteiger partial charge is 0.481 e. The molecule has 2 rings (SSSR count). The Morgan fingerprint density at radius 3 is 2.39 bits per heavy atom. The number of nitrogens with one attached hydrogen (secondary N) is 1. The van der Waals surface area contributed by atoms with Crippen molar-refractivity contribution in [1.82, 2.24) is 4.98 Å². The van der Waals surface area contributed by atoms with Crippen molar-refractivity contribution in [3.05, 3.63) is 48.7 Å². The summed E-state index contributed by atoms with van der Waals surface area (Å²) < 4.78 is 5.21. The lowest BCUT2D eigenvalue weighted by molar-refractivity contribution is -0.147. The molecule has 0 saturated carbocycles. The number of carbonyl (C=O) groups excluding carboxylic acids is 2. The molecular weight excluding hydrogens is 362 g/mol. The highest BCUT2D eigenvalue weighted by Crippen LogP contribution is 2.23. The van der Waals surface area contributed by atoms with Crippen LogP contribution in [0.2, 0.25) is 0 Å². The summed E-state index contributed by atoms with van der Waals surface area (Å²) in [5, 5.41) is 11.7. The minimum Gasteiger partial charge on any atom is -0.481 e. The molecule has 0 unspecified atom stereocenters. The van der Waals surface area contributed by atoms with Crippen LogP contribution >= 0.6 is 0 Å². The topological polar surface area (TPSA) is 109 Å². The summed E-state index contributed by atoms with van der Waals surface area (Å²) in [4.78, 5) is 40.5. The first-order valence-electron chi connectivity index (χ1n) is 8.69. The van der Waals surface area contributed by atoms with Gasteiger partial charge in [0.25, 0.3) is 0 Å². The Morgan fingerprint density at radius 2 is 1.82 bits per heavy atom. The molecule has 2 N–H and O–H groups in total. The summed E-state index contributed by atoms with van der Waals surface area (Å²) in [7, 11) is 1.59. The molecule has 0 fully saturated rings. The molecule has 0 atom stereocenters. The number of ether oxygens (including phenoxy) is 1. The molecule has 148 valence electrons. The van der Waals surface area contributed by atoms with Crippen LogP contribution in [0.5, 0.6) is 5.88 Å². The quantitative estimate of drug-likeness (QED) is 0.754. The van der Waals surface area contributed by atoms with Crippen molar-refractivity contribution in [2.24, 2.45) is 5.41 Å². The third kappa shape index (κ3) is 5.80. The molecule has 8 heteroatoms. The van der Waals surface area contributed by atoms with Crippen LogP contribution in [0.3, 0.4) is 0 Å². The second-order valence-corrected chi connectivity index (χ2v) is 6.88. The first-order chi connectivity index (χ1) is 13.2. The number of pyridine rings is 1. The van der Waals surface area contributed by atoms with Crippen LogP contribution in [0.1, 0.15) is 26.7 Å². The third-order valence-electron chi connectivity index (χ3n) is 4.19. The van der Waals surface area contributed by atoms with E-state index in [1.807, 2.05) is 18.2 Å². The predicted octanol–water partition coefficient (Wildman–Crippen LogP) is 3.55. The Morgan fingerprint density at radius 1 is 1.14 bits per heavy atom. The van der Waals surface area contributed by atoms with Gasteiger partial charge in [-0.25, -0.2) is 9.78 Å². The van der Waals surface area contributed by atoms with E-state index in [9.17, 15) is 14.4 Å². The number of amides is 2. The lowest BCUT2D eigenvalue weighted by Gasteiger charge is -2.18. The van der Waals surface area contributed by atoms with E-state index in [0.717, 1.165) is 0 Å².